The highest BCUT2D eigenvalue weighted by Gasteiger charge is 2.12. The van der Waals surface area contributed by atoms with Gasteiger partial charge in [0.15, 0.2) is 0 Å². The minimum atomic E-state index is -4.94. The molecule has 0 spiro atoms. The first-order valence-electron chi connectivity index (χ1n) is 8.96. The minimum absolute atomic E-state index is 0.999. The van der Waals surface area contributed by atoms with Crippen molar-refractivity contribution < 1.29 is 33.4 Å². The molecule has 0 unspecified atom stereocenters. The maximum atomic E-state index is 8.49. The third-order valence-corrected chi connectivity index (χ3v) is 4.62. The third-order valence-electron chi connectivity index (χ3n) is 4.62. The number of hydrogen-bond donors (Lipinski definition) is 0. The summed E-state index contributed by atoms with van der Waals surface area (Å²) >= 11 is 0. The Morgan fingerprint density at radius 2 is 1.57 bits per heavy atom. The molecule has 0 amide bonds. The lowest BCUT2D eigenvalue weighted by Gasteiger charge is -2.25. The molecule has 0 saturated heterocycles. The molecule has 0 N–H and O–H groups in total. The van der Waals surface area contributed by atoms with Gasteiger partial charge in [0.2, 0.25) is 5.52 Å². The molecule has 1 aliphatic rings. The van der Waals surface area contributed by atoms with Gasteiger partial charge in [-0.1, -0.05) is 42.3 Å². The van der Waals surface area contributed by atoms with E-state index in [0.29, 0.717) is 0 Å². The molecule has 1 aromatic heterocycles. The van der Waals surface area contributed by atoms with Gasteiger partial charge in [-0.15, -0.1) is 10.2 Å². The van der Waals surface area contributed by atoms with Gasteiger partial charge >= 0.3 is 0 Å². The Hall–Kier alpha value is -3.18. The molecule has 3 aromatic rings. The number of allylic oxidation sites excluding steroid dienone is 2. The summed E-state index contributed by atoms with van der Waals surface area (Å²) in [5.74, 6) is 6.49. The predicted octanol–water partition coefficient (Wildman–Crippen LogP) is -0.693. The summed E-state index contributed by atoms with van der Waals surface area (Å²) in [6, 6.07) is 20.9. The lowest BCUT2D eigenvalue weighted by Crippen LogP contribution is -2.68. The number of likely N-dealkylation sites (N-methyl/N-ethyl adjacent to an activating group) is 1. The highest BCUT2D eigenvalue weighted by Crippen LogP contribution is 2.28. The monoisotopic (exact) mass is 422 g/mol. The van der Waals surface area contributed by atoms with Crippen molar-refractivity contribution in [3.05, 3.63) is 89.8 Å². The number of pyridine rings is 1. The van der Waals surface area contributed by atoms with E-state index in [1.54, 1.807) is 0 Å². The summed E-state index contributed by atoms with van der Waals surface area (Å²) in [5, 5.41) is 1.22. The third kappa shape index (κ3) is 5.45. The van der Waals surface area contributed by atoms with Crippen molar-refractivity contribution in [2.45, 2.75) is 0 Å². The fraction of sp³-hybridized carbons (Fsp3) is 0.0870. The molecule has 2 heterocycles. The van der Waals surface area contributed by atoms with Crippen molar-refractivity contribution in [2.24, 2.45) is 7.05 Å². The van der Waals surface area contributed by atoms with E-state index in [0.717, 1.165) is 11.4 Å². The summed E-state index contributed by atoms with van der Waals surface area (Å²) < 4.78 is 36.1. The van der Waals surface area contributed by atoms with Crippen LogP contribution in [0.5, 0.6) is 0 Å². The van der Waals surface area contributed by atoms with E-state index in [2.05, 4.69) is 108 Å². The van der Waals surface area contributed by atoms with Crippen molar-refractivity contribution in [2.75, 3.05) is 11.9 Å². The Kier molecular flexibility index (Phi) is 6.53. The number of halogens is 1. The van der Waals surface area contributed by atoms with Gasteiger partial charge < -0.3 is 4.90 Å². The molecule has 0 saturated carbocycles. The Bertz CT molecular complexity index is 1180. The fourth-order valence-electron chi connectivity index (χ4n) is 3.16. The number of benzene rings is 2. The number of anilines is 1. The summed E-state index contributed by atoms with van der Waals surface area (Å²) in [4.78, 5) is 2.17. The molecule has 7 heteroatoms. The number of aromatic nitrogens is 1. The number of para-hydroxylation sites is 2. The SMILES string of the molecule is CN1C(=CC#Cc2ccc3ccccc3[n+]2C)C=Cc2ccccc21.[O-][Cl+3]([O-])([O-])[O-]. The number of rotatable bonds is 0. The van der Waals surface area contributed by atoms with E-state index in [1.807, 2.05) is 6.08 Å². The van der Waals surface area contributed by atoms with Crippen molar-refractivity contribution >= 4 is 22.7 Å². The first kappa shape index (κ1) is 21.5. The lowest BCUT2D eigenvalue weighted by atomic mass is 10.1. The quantitative estimate of drug-likeness (QED) is 0.352. The minimum Gasteiger partial charge on any atom is -0.344 e. The first-order valence-corrected chi connectivity index (χ1v) is 10.2. The van der Waals surface area contributed by atoms with Crippen molar-refractivity contribution in [1.29, 1.82) is 0 Å². The van der Waals surface area contributed by atoms with E-state index >= 15 is 0 Å². The summed E-state index contributed by atoms with van der Waals surface area (Å²) in [5.41, 5.74) is 5.71. The topological polar surface area (TPSA) is 99.4 Å². The molecular weight excluding hydrogens is 404 g/mol. The Balaban J connectivity index is 0.000000461. The highest BCUT2D eigenvalue weighted by molar-refractivity contribution is 5.77. The van der Waals surface area contributed by atoms with Crippen LogP contribution in [0, 0.1) is 22.1 Å². The summed E-state index contributed by atoms with van der Waals surface area (Å²) in [6.45, 7) is 0. The molecule has 152 valence electrons. The zero-order valence-corrected chi connectivity index (χ0v) is 17.2. The molecule has 0 atom stereocenters. The van der Waals surface area contributed by atoms with Crippen molar-refractivity contribution in [3.8, 4) is 11.8 Å². The second-order valence-electron chi connectivity index (χ2n) is 6.50. The fourth-order valence-corrected chi connectivity index (χ4v) is 3.16. The first-order chi connectivity index (χ1) is 14.2. The van der Waals surface area contributed by atoms with Crippen LogP contribution in [0.3, 0.4) is 0 Å². The standard InChI is InChI=1S/C23H19N2.ClHO4/c1-24-20(16-14-18-8-3-5-12-22(18)24)10-7-11-21-17-15-19-9-4-6-13-23(19)25(21)2;2-1(3,4)5/h3-6,8-10,12-17H,1-2H3;(H,2,3,4,5)/q+1;/p-1. The van der Waals surface area contributed by atoms with Crippen molar-refractivity contribution in [1.82, 2.24) is 0 Å². The van der Waals surface area contributed by atoms with Crippen LogP contribution in [-0.2, 0) is 7.05 Å². The molecule has 0 aliphatic carbocycles. The average Bonchev–Trinajstić information content (AvgIpc) is 2.70. The number of nitrogens with zero attached hydrogens (tertiary/aromatic N) is 2. The number of fused-ring (bicyclic) bond motifs is 2. The largest absolute Gasteiger partial charge is 0.344 e. The van der Waals surface area contributed by atoms with Gasteiger partial charge in [0.05, 0.1) is 0 Å². The Morgan fingerprint density at radius 3 is 2.33 bits per heavy atom. The van der Waals surface area contributed by atoms with Gasteiger partial charge in [-0.3, -0.25) is 0 Å². The van der Waals surface area contributed by atoms with Crippen molar-refractivity contribution in [3.63, 3.8) is 0 Å². The summed E-state index contributed by atoms with van der Waals surface area (Å²) in [7, 11) is -0.811. The van der Waals surface area contributed by atoms with Crippen LogP contribution in [-0.4, -0.2) is 7.05 Å². The van der Waals surface area contributed by atoms with Gasteiger partial charge in [-0.2, -0.15) is 4.57 Å². The molecule has 30 heavy (non-hydrogen) atoms. The molecule has 0 radical (unpaired) electrons. The summed E-state index contributed by atoms with van der Waals surface area (Å²) in [6.07, 6.45) is 6.22. The van der Waals surface area contributed by atoms with Gasteiger partial charge in [-0.05, 0) is 29.8 Å². The molecule has 1 aliphatic heterocycles. The van der Waals surface area contributed by atoms with E-state index in [-0.39, 0.29) is 0 Å². The number of hydrogen-bond acceptors (Lipinski definition) is 5. The second-order valence-corrected chi connectivity index (χ2v) is 7.26. The number of aryl methyl sites for hydroxylation is 1. The lowest BCUT2D eigenvalue weighted by molar-refractivity contribution is -2.00. The highest BCUT2D eigenvalue weighted by atomic mass is 35.7. The smallest absolute Gasteiger partial charge is 0.257 e. The van der Waals surface area contributed by atoms with E-state index in [1.165, 1.54) is 22.2 Å². The van der Waals surface area contributed by atoms with Gasteiger partial charge in [0, 0.05) is 47.9 Å². The van der Waals surface area contributed by atoms with E-state index < -0.39 is 10.2 Å². The zero-order chi connectivity index (χ0) is 21.7. The second kappa shape index (κ2) is 9.09. The normalized spacial score (nSPS) is 13.9. The maximum absolute atomic E-state index is 8.49. The predicted molar refractivity (Wildman–Crippen MR) is 104 cm³/mol. The van der Waals surface area contributed by atoms with Gasteiger partial charge in [0.25, 0.3) is 5.69 Å². The van der Waals surface area contributed by atoms with E-state index in [4.69, 9.17) is 18.6 Å². The molecular formula is C23H19ClN2O4. The van der Waals surface area contributed by atoms with Gasteiger partial charge in [0.1, 0.15) is 7.05 Å². The zero-order valence-electron chi connectivity index (χ0n) is 16.4. The van der Waals surface area contributed by atoms with Crippen LogP contribution < -0.4 is 28.1 Å². The molecule has 2 aromatic carbocycles. The molecule has 0 bridgehead atoms. The van der Waals surface area contributed by atoms with Crippen LogP contribution in [0.4, 0.5) is 5.69 Å². The Morgan fingerprint density at radius 1 is 0.900 bits per heavy atom. The molecule has 4 rings (SSSR count). The van der Waals surface area contributed by atoms with Crippen LogP contribution in [0.1, 0.15) is 11.3 Å². The maximum Gasteiger partial charge on any atom is 0.257 e. The average molecular weight is 423 g/mol. The van der Waals surface area contributed by atoms with Gasteiger partial charge in [-0.25, -0.2) is 18.6 Å². The van der Waals surface area contributed by atoms with Crippen LogP contribution in [0.15, 0.2) is 78.5 Å². The van der Waals surface area contributed by atoms with Crippen LogP contribution in [0.25, 0.3) is 17.0 Å². The Labute approximate surface area is 177 Å². The van der Waals surface area contributed by atoms with Crippen LogP contribution >= 0.6 is 0 Å². The molecule has 0 fully saturated rings. The molecule has 6 nitrogen and oxygen atoms in total. The van der Waals surface area contributed by atoms with E-state index in [9.17, 15) is 0 Å². The van der Waals surface area contributed by atoms with Crippen LogP contribution in [0.2, 0.25) is 0 Å².